The summed E-state index contributed by atoms with van der Waals surface area (Å²) in [6.45, 7) is 3.79. The van der Waals surface area contributed by atoms with E-state index in [1.165, 1.54) is 6.08 Å². The molecule has 30 heavy (non-hydrogen) atoms. The molecule has 3 heterocycles. The molecule has 10 heteroatoms. The van der Waals surface area contributed by atoms with Crippen molar-refractivity contribution < 1.29 is 13.2 Å². The Balaban J connectivity index is 1.90. The van der Waals surface area contributed by atoms with Gasteiger partial charge >= 0.3 is 0 Å². The van der Waals surface area contributed by atoms with Crippen LogP contribution in [0, 0.1) is 6.92 Å². The van der Waals surface area contributed by atoms with E-state index in [1.807, 2.05) is 19.9 Å². The number of rotatable bonds is 8. The number of hydrogen-bond donors (Lipinski definition) is 1. The van der Waals surface area contributed by atoms with Crippen molar-refractivity contribution in [3.63, 3.8) is 0 Å². The van der Waals surface area contributed by atoms with Gasteiger partial charge in [0.2, 0.25) is 10.0 Å². The van der Waals surface area contributed by atoms with Gasteiger partial charge in [0.25, 0.3) is 5.91 Å². The van der Waals surface area contributed by atoms with Gasteiger partial charge in [0.15, 0.2) is 0 Å². The lowest BCUT2D eigenvalue weighted by Gasteiger charge is -2.07. The van der Waals surface area contributed by atoms with Crippen LogP contribution in [0.4, 0.5) is 0 Å². The molecule has 0 atom stereocenters. The fourth-order valence-corrected chi connectivity index (χ4v) is 4.57. The molecule has 0 radical (unpaired) electrons. The van der Waals surface area contributed by atoms with E-state index in [0.29, 0.717) is 34.2 Å². The quantitative estimate of drug-likeness (QED) is 0.420. The predicted molar refractivity (Wildman–Crippen MR) is 118 cm³/mol. The second kappa shape index (κ2) is 9.01. The molecule has 0 saturated heterocycles. The van der Waals surface area contributed by atoms with Crippen LogP contribution in [-0.2, 0) is 21.9 Å². The molecule has 8 nitrogen and oxygen atoms in total. The Labute approximate surface area is 180 Å². The number of carbonyl (C=O) groups is 1. The number of hydrogen-bond acceptors (Lipinski definition) is 5. The van der Waals surface area contributed by atoms with E-state index in [-0.39, 0.29) is 5.75 Å². The van der Waals surface area contributed by atoms with E-state index in [9.17, 15) is 13.2 Å². The summed E-state index contributed by atoms with van der Waals surface area (Å²) in [6.07, 6.45) is 8.38. The second-order valence-electron chi connectivity index (χ2n) is 6.99. The number of nitrogens with zero attached hydrogens (tertiary/aromatic N) is 4. The minimum absolute atomic E-state index is 0.0723. The molecule has 1 amide bonds. The summed E-state index contributed by atoms with van der Waals surface area (Å²) in [4.78, 5) is 16.6. The third-order valence-electron chi connectivity index (χ3n) is 4.65. The maximum atomic E-state index is 12.2. The number of aryl methyl sites for hydroxylation is 2. The van der Waals surface area contributed by atoms with Gasteiger partial charge in [-0.3, -0.25) is 14.0 Å². The number of carbonyl (C=O) groups excluding carboxylic acids is 1. The first-order valence-electron chi connectivity index (χ1n) is 9.61. The molecule has 0 saturated carbocycles. The van der Waals surface area contributed by atoms with Gasteiger partial charge in [0, 0.05) is 36.5 Å². The molecule has 0 fully saturated rings. The van der Waals surface area contributed by atoms with Crippen LogP contribution in [0.3, 0.4) is 0 Å². The molecule has 0 aliphatic rings. The van der Waals surface area contributed by atoms with E-state index in [0.717, 1.165) is 18.2 Å². The Kier molecular flexibility index (Phi) is 6.62. The van der Waals surface area contributed by atoms with Gasteiger partial charge in [-0.2, -0.15) is 5.10 Å². The highest BCUT2D eigenvalue weighted by atomic mass is 35.5. The van der Waals surface area contributed by atoms with Gasteiger partial charge in [-0.25, -0.2) is 18.1 Å². The molecule has 0 aromatic carbocycles. The summed E-state index contributed by atoms with van der Waals surface area (Å²) in [5.74, 6) is -0.107. The molecule has 0 bridgehead atoms. The average Bonchev–Trinajstić information content (AvgIpc) is 3.15. The van der Waals surface area contributed by atoms with Crippen molar-refractivity contribution in [2.24, 2.45) is 7.05 Å². The Morgan fingerprint density at radius 3 is 2.83 bits per heavy atom. The van der Waals surface area contributed by atoms with Crippen molar-refractivity contribution in [1.29, 1.82) is 0 Å². The fraction of sp³-hybridized carbons (Fsp3) is 0.350. The minimum atomic E-state index is -3.65. The zero-order valence-corrected chi connectivity index (χ0v) is 18.7. The van der Waals surface area contributed by atoms with E-state index in [2.05, 4.69) is 14.8 Å². The van der Waals surface area contributed by atoms with Gasteiger partial charge in [0.1, 0.15) is 11.5 Å². The first kappa shape index (κ1) is 22.0. The van der Waals surface area contributed by atoms with Gasteiger partial charge < -0.3 is 0 Å². The third-order valence-corrected chi connectivity index (χ3v) is 6.29. The van der Waals surface area contributed by atoms with Crippen LogP contribution in [0.2, 0.25) is 5.02 Å². The number of aromatic nitrogens is 4. The molecule has 3 aromatic rings. The smallest absolute Gasteiger partial charge is 0.257 e. The molecule has 0 aliphatic heterocycles. The van der Waals surface area contributed by atoms with Crippen LogP contribution in [0.15, 0.2) is 30.6 Å². The molecular weight excluding hydrogens is 426 g/mol. The molecule has 0 spiro atoms. The number of pyridine rings is 1. The molecule has 3 rings (SSSR count). The molecule has 0 unspecified atom stereocenters. The molecule has 160 valence electrons. The highest BCUT2D eigenvalue weighted by Crippen LogP contribution is 2.29. The Bertz CT molecular complexity index is 1210. The van der Waals surface area contributed by atoms with E-state index in [4.69, 9.17) is 11.6 Å². The fourth-order valence-electron chi connectivity index (χ4n) is 3.26. The summed E-state index contributed by atoms with van der Waals surface area (Å²) in [5.41, 5.74) is 2.00. The zero-order valence-electron chi connectivity index (χ0n) is 17.1. The minimum Gasteiger partial charge on any atom is -0.284 e. The van der Waals surface area contributed by atoms with Crippen molar-refractivity contribution in [2.75, 3.05) is 5.75 Å². The number of sulfonamides is 1. The largest absolute Gasteiger partial charge is 0.284 e. The Morgan fingerprint density at radius 1 is 1.33 bits per heavy atom. The van der Waals surface area contributed by atoms with Crippen molar-refractivity contribution in [3.8, 4) is 5.82 Å². The van der Waals surface area contributed by atoms with Crippen molar-refractivity contribution >= 4 is 44.6 Å². The monoisotopic (exact) mass is 449 g/mol. The standard InChI is InChI=1S/C20H24ClN5O3S/c1-4-5-6-12-30(28,29)24-18(27)10-9-15-14(2)23-25(3)20(15)26-13-17(21)16-8-7-11-22-19(16)26/h7-11,13H,4-6,12H2,1-3H3,(H,24,27)/b10-9+. The third kappa shape index (κ3) is 4.73. The molecule has 3 aromatic heterocycles. The first-order valence-corrected chi connectivity index (χ1v) is 11.6. The summed E-state index contributed by atoms with van der Waals surface area (Å²) in [5, 5.41) is 5.77. The van der Waals surface area contributed by atoms with Gasteiger partial charge in [0.05, 0.1) is 16.5 Å². The maximum absolute atomic E-state index is 12.2. The maximum Gasteiger partial charge on any atom is 0.257 e. The Hall–Kier alpha value is -2.65. The number of halogens is 1. The number of unbranched alkanes of at least 4 members (excludes halogenated alkanes) is 2. The van der Waals surface area contributed by atoms with Crippen molar-refractivity contribution in [3.05, 3.63) is 46.9 Å². The lowest BCUT2D eigenvalue weighted by molar-refractivity contribution is -0.114. The van der Waals surface area contributed by atoms with Crippen molar-refractivity contribution in [1.82, 2.24) is 24.1 Å². The highest BCUT2D eigenvalue weighted by molar-refractivity contribution is 7.90. The van der Waals surface area contributed by atoms with E-state index >= 15 is 0 Å². The van der Waals surface area contributed by atoms with E-state index in [1.54, 1.807) is 40.8 Å². The zero-order chi connectivity index (χ0) is 21.9. The van der Waals surface area contributed by atoms with Crippen LogP contribution in [0.5, 0.6) is 0 Å². The van der Waals surface area contributed by atoms with Crippen LogP contribution in [-0.4, -0.2) is 39.4 Å². The van der Waals surface area contributed by atoms with Gasteiger partial charge in [-0.05, 0) is 31.6 Å². The number of amides is 1. The van der Waals surface area contributed by atoms with Gasteiger partial charge in [-0.15, -0.1) is 0 Å². The molecular formula is C20H24ClN5O3S. The normalized spacial score (nSPS) is 12.1. The van der Waals surface area contributed by atoms with E-state index < -0.39 is 15.9 Å². The topological polar surface area (TPSA) is 98.9 Å². The van der Waals surface area contributed by atoms with Crippen LogP contribution in [0.25, 0.3) is 22.9 Å². The summed E-state index contributed by atoms with van der Waals surface area (Å²) in [6, 6.07) is 3.68. The summed E-state index contributed by atoms with van der Waals surface area (Å²) < 4.78 is 29.6. The van der Waals surface area contributed by atoms with Crippen LogP contribution < -0.4 is 4.72 Å². The highest BCUT2D eigenvalue weighted by Gasteiger charge is 2.18. The predicted octanol–water partition coefficient (Wildman–Crippen LogP) is 3.37. The summed E-state index contributed by atoms with van der Waals surface area (Å²) in [7, 11) is -1.88. The lowest BCUT2D eigenvalue weighted by Crippen LogP contribution is -2.31. The number of nitrogens with one attached hydrogen (secondary N) is 1. The first-order chi connectivity index (χ1) is 14.2. The van der Waals surface area contributed by atoms with Crippen LogP contribution in [0.1, 0.15) is 37.4 Å². The number of fused-ring (bicyclic) bond motifs is 1. The second-order valence-corrected chi connectivity index (χ2v) is 9.24. The lowest BCUT2D eigenvalue weighted by atomic mass is 10.2. The van der Waals surface area contributed by atoms with Gasteiger partial charge in [-0.1, -0.05) is 31.4 Å². The molecule has 1 N–H and O–H groups in total. The molecule has 0 aliphatic carbocycles. The van der Waals surface area contributed by atoms with Crippen LogP contribution >= 0.6 is 11.6 Å². The van der Waals surface area contributed by atoms with Crippen molar-refractivity contribution in [2.45, 2.75) is 33.1 Å². The average molecular weight is 450 g/mol. The SMILES string of the molecule is CCCCCS(=O)(=O)NC(=O)/C=C/c1c(C)nn(C)c1-n1cc(Cl)c2cccnc21. The summed E-state index contributed by atoms with van der Waals surface area (Å²) >= 11 is 6.35. The Morgan fingerprint density at radius 2 is 2.10 bits per heavy atom.